The number of rotatable bonds is 7. The van der Waals surface area contributed by atoms with Crippen LogP contribution in [0.4, 0.5) is 13.2 Å². The van der Waals surface area contributed by atoms with Gasteiger partial charge in [0.2, 0.25) is 0 Å². The number of ketones is 1. The number of nitrogens with two attached hydrogens (primary N) is 1. The molecule has 0 bridgehead atoms. The third kappa shape index (κ3) is 5.69. The van der Waals surface area contributed by atoms with Gasteiger partial charge in [0.05, 0.1) is 29.6 Å². The highest BCUT2D eigenvalue weighted by molar-refractivity contribution is 6.01. The maximum absolute atomic E-state index is 13.6. The molecule has 0 spiro atoms. The Morgan fingerprint density at radius 2 is 1.76 bits per heavy atom. The van der Waals surface area contributed by atoms with Crippen molar-refractivity contribution < 1.29 is 27.6 Å². The molecule has 1 aliphatic heterocycles. The number of alkyl halides is 3. The zero-order valence-electron chi connectivity index (χ0n) is 20.0. The third-order valence-electron chi connectivity index (χ3n) is 6.38. The van der Waals surface area contributed by atoms with Crippen LogP contribution in [-0.2, 0) is 12.7 Å². The predicted octanol–water partition coefficient (Wildman–Crippen LogP) is 2.39. The van der Waals surface area contributed by atoms with E-state index in [9.17, 15) is 27.6 Å². The molecule has 1 fully saturated rings. The van der Waals surface area contributed by atoms with Gasteiger partial charge in [-0.15, -0.1) is 0 Å². The second-order valence-corrected chi connectivity index (χ2v) is 8.72. The molecule has 1 saturated heterocycles. The summed E-state index contributed by atoms with van der Waals surface area (Å²) in [6.45, 7) is 2.83. The Bertz CT molecular complexity index is 1310. The lowest BCUT2D eigenvalue weighted by Gasteiger charge is -2.34. The van der Waals surface area contributed by atoms with Crippen LogP contribution in [0.3, 0.4) is 0 Å². The second kappa shape index (κ2) is 10.5. The van der Waals surface area contributed by atoms with Crippen molar-refractivity contribution in [2.24, 2.45) is 5.73 Å². The summed E-state index contributed by atoms with van der Waals surface area (Å²) in [6.07, 6.45) is -0.269. The molecule has 1 aromatic carbocycles. The van der Waals surface area contributed by atoms with E-state index in [0.29, 0.717) is 31.9 Å². The standard InChI is InChI=1S/C25H25F3N6O3/c1-16-18(23(29)36)12-21(34(16)14-17-4-2-3-5-19(17)25(26,27)28)22(35)15-32-8-10-33(11-9-32)24(37)20-13-30-6-7-31-20/h2-7,12-13H,8-11,14-15H2,1H3,(H2,29,36). The summed E-state index contributed by atoms with van der Waals surface area (Å²) in [7, 11) is 0. The zero-order chi connectivity index (χ0) is 26.7. The van der Waals surface area contributed by atoms with Crippen LogP contribution in [0.25, 0.3) is 0 Å². The first-order chi connectivity index (χ1) is 17.6. The van der Waals surface area contributed by atoms with E-state index in [1.165, 1.54) is 47.4 Å². The number of halogens is 3. The number of benzene rings is 1. The second-order valence-electron chi connectivity index (χ2n) is 8.72. The lowest BCUT2D eigenvalue weighted by atomic mass is 10.1. The molecule has 12 heteroatoms. The van der Waals surface area contributed by atoms with Crippen LogP contribution in [0.15, 0.2) is 48.9 Å². The third-order valence-corrected chi connectivity index (χ3v) is 6.38. The van der Waals surface area contributed by atoms with Crippen LogP contribution in [0.2, 0.25) is 0 Å². The molecule has 37 heavy (non-hydrogen) atoms. The van der Waals surface area contributed by atoms with E-state index in [1.807, 2.05) is 4.90 Å². The molecule has 0 aliphatic carbocycles. The largest absolute Gasteiger partial charge is 0.416 e. The van der Waals surface area contributed by atoms with Crippen LogP contribution < -0.4 is 5.73 Å². The van der Waals surface area contributed by atoms with Gasteiger partial charge in [0.1, 0.15) is 5.69 Å². The van der Waals surface area contributed by atoms with E-state index in [4.69, 9.17) is 5.73 Å². The SMILES string of the molecule is Cc1c(C(N)=O)cc(C(=O)CN2CCN(C(=O)c3cnccn3)CC2)n1Cc1ccccc1C(F)(F)F. The minimum atomic E-state index is -4.57. The Labute approximate surface area is 210 Å². The van der Waals surface area contributed by atoms with Crippen LogP contribution in [0, 0.1) is 6.92 Å². The Morgan fingerprint density at radius 3 is 2.38 bits per heavy atom. The quantitative estimate of drug-likeness (QED) is 0.485. The number of primary amides is 1. The molecule has 2 amide bonds. The molecule has 3 aromatic rings. The lowest BCUT2D eigenvalue weighted by molar-refractivity contribution is -0.138. The molecule has 0 unspecified atom stereocenters. The van der Waals surface area contributed by atoms with Crippen molar-refractivity contribution in [1.29, 1.82) is 0 Å². The van der Waals surface area contributed by atoms with Crippen LogP contribution >= 0.6 is 0 Å². The Hall–Kier alpha value is -4.06. The summed E-state index contributed by atoms with van der Waals surface area (Å²) in [5.41, 5.74) is 5.34. The number of Topliss-reactive ketones (excluding diaryl/α,β-unsaturated/α-hetero) is 1. The maximum atomic E-state index is 13.6. The first kappa shape index (κ1) is 26.0. The highest BCUT2D eigenvalue weighted by Gasteiger charge is 2.34. The minimum Gasteiger partial charge on any atom is -0.366 e. The number of aromatic nitrogens is 3. The average molecular weight is 515 g/mol. The van der Waals surface area contributed by atoms with E-state index in [1.54, 1.807) is 11.8 Å². The molecule has 9 nitrogen and oxygen atoms in total. The number of hydrogen-bond acceptors (Lipinski definition) is 6. The molecule has 0 saturated carbocycles. The summed E-state index contributed by atoms with van der Waals surface area (Å²) >= 11 is 0. The molecule has 1 aliphatic rings. The Kier molecular flexibility index (Phi) is 7.39. The lowest BCUT2D eigenvalue weighted by Crippen LogP contribution is -2.50. The molecule has 3 heterocycles. The summed E-state index contributed by atoms with van der Waals surface area (Å²) in [5, 5.41) is 0. The molecule has 2 N–H and O–H groups in total. The molecule has 4 rings (SSSR count). The Morgan fingerprint density at radius 1 is 1.05 bits per heavy atom. The van der Waals surface area contributed by atoms with E-state index in [-0.39, 0.29) is 47.3 Å². The van der Waals surface area contributed by atoms with Gasteiger partial charge in [-0.1, -0.05) is 18.2 Å². The Balaban J connectivity index is 1.51. The predicted molar refractivity (Wildman–Crippen MR) is 127 cm³/mol. The summed E-state index contributed by atoms with van der Waals surface area (Å²) in [4.78, 5) is 49.2. The van der Waals surface area contributed by atoms with E-state index in [0.717, 1.165) is 6.07 Å². The zero-order valence-corrected chi connectivity index (χ0v) is 20.0. The molecule has 0 radical (unpaired) electrons. The highest BCUT2D eigenvalue weighted by atomic mass is 19.4. The van der Waals surface area contributed by atoms with Crippen LogP contribution in [-0.4, -0.2) is 74.7 Å². The van der Waals surface area contributed by atoms with Crippen molar-refractivity contribution in [3.8, 4) is 0 Å². The number of carbonyl (C=O) groups excluding carboxylic acids is 3. The average Bonchev–Trinajstić information content (AvgIpc) is 3.20. The fourth-order valence-corrected chi connectivity index (χ4v) is 4.40. The van der Waals surface area contributed by atoms with Crippen molar-refractivity contribution >= 4 is 17.6 Å². The van der Waals surface area contributed by atoms with Crippen molar-refractivity contribution in [2.75, 3.05) is 32.7 Å². The van der Waals surface area contributed by atoms with E-state index >= 15 is 0 Å². The van der Waals surface area contributed by atoms with Crippen molar-refractivity contribution in [3.05, 3.63) is 82.7 Å². The topological polar surface area (TPSA) is 114 Å². The minimum absolute atomic E-state index is 0.0320. The van der Waals surface area contributed by atoms with E-state index < -0.39 is 17.6 Å². The molecule has 194 valence electrons. The summed E-state index contributed by atoms with van der Waals surface area (Å²) < 4.78 is 42.1. The summed E-state index contributed by atoms with van der Waals surface area (Å²) in [6, 6.07) is 6.44. The number of amides is 2. The molecule has 2 aromatic heterocycles. The fourth-order valence-electron chi connectivity index (χ4n) is 4.40. The van der Waals surface area contributed by atoms with Crippen molar-refractivity contribution in [2.45, 2.75) is 19.6 Å². The van der Waals surface area contributed by atoms with Gasteiger partial charge < -0.3 is 15.2 Å². The van der Waals surface area contributed by atoms with Gasteiger partial charge in [0, 0.05) is 50.8 Å². The first-order valence-corrected chi connectivity index (χ1v) is 11.5. The van der Waals surface area contributed by atoms with Crippen molar-refractivity contribution in [1.82, 2.24) is 24.3 Å². The van der Waals surface area contributed by atoms with Crippen molar-refractivity contribution in [3.63, 3.8) is 0 Å². The number of carbonyl (C=O) groups is 3. The molecule has 0 atom stereocenters. The smallest absolute Gasteiger partial charge is 0.366 e. The number of hydrogen-bond donors (Lipinski definition) is 1. The maximum Gasteiger partial charge on any atom is 0.416 e. The number of piperazine rings is 1. The van der Waals surface area contributed by atoms with E-state index in [2.05, 4.69) is 9.97 Å². The van der Waals surface area contributed by atoms with Gasteiger partial charge in [-0.25, -0.2) is 4.98 Å². The highest BCUT2D eigenvalue weighted by Crippen LogP contribution is 2.33. The summed E-state index contributed by atoms with van der Waals surface area (Å²) in [5.74, 6) is -1.39. The van der Waals surface area contributed by atoms with Gasteiger partial charge >= 0.3 is 6.18 Å². The van der Waals surface area contributed by atoms with Gasteiger partial charge in [0.25, 0.3) is 11.8 Å². The number of nitrogens with zero attached hydrogens (tertiary/aromatic N) is 5. The van der Waals surface area contributed by atoms with Gasteiger partial charge in [-0.2, -0.15) is 13.2 Å². The van der Waals surface area contributed by atoms with Gasteiger partial charge in [0.15, 0.2) is 5.78 Å². The first-order valence-electron chi connectivity index (χ1n) is 11.5. The normalized spacial score (nSPS) is 14.5. The van der Waals surface area contributed by atoms with Crippen LogP contribution in [0.1, 0.15) is 48.2 Å². The monoisotopic (exact) mass is 514 g/mol. The molecular weight excluding hydrogens is 489 g/mol. The fraction of sp³-hybridized carbons (Fsp3) is 0.320. The molecular formula is C25H25F3N6O3. The van der Waals surface area contributed by atoms with Gasteiger partial charge in [-0.05, 0) is 24.6 Å². The van der Waals surface area contributed by atoms with Crippen LogP contribution in [0.5, 0.6) is 0 Å². The van der Waals surface area contributed by atoms with Gasteiger partial charge in [-0.3, -0.25) is 24.3 Å².